The molecule has 0 saturated carbocycles. The Morgan fingerprint density at radius 3 is 2.52 bits per heavy atom. The zero-order valence-electron chi connectivity index (χ0n) is 18.2. The highest BCUT2D eigenvalue weighted by atomic mass is 35.5. The average molecular weight is 485 g/mol. The summed E-state index contributed by atoms with van der Waals surface area (Å²) in [5.74, 6) is 0.323. The lowest BCUT2D eigenvalue weighted by Gasteiger charge is -2.16. The maximum absolute atomic E-state index is 14.8. The molecule has 0 fully saturated rings. The van der Waals surface area contributed by atoms with Crippen molar-refractivity contribution in [3.63, 3.8) is 0 Å². The van der Waals surface area contributed by atoms with Gasteiger partial charge in [0, 0.05) is 17.7 Å². The Balaban J connectivity index is 1.68. The number of carbonyl (C=O) groups excluding carboxylic acids is 1. The Kier molecular flexibility index (Phi) is 6.80. The molecule has 7 nitrogen and oxygen atoms in total. The van der Waals surface area contributed by atoms with Crippen molar-refractivity contribution in [1.29, 1.82) is 0 Å². The lowest BCUT2D eigenvalue weighted by Crippen LogP contribution is -2.25. The Morgan fingerprint density at radius 1 is 1.06 bits per heavy atom. The van der Waals surface area contributed by atoms with Crippen molar-refractivity contribution in [2.24, 2.45) is 0 Å². The molecule has 2 aromatic carbocycles. The monoisotopic (exact) mass is 484 g/mol. The number of halogens is 2. The zero-order chi connectivity index (χ0) is 23.5. The highest BCUT2D eigenvalue weighted by Crippen LogP contribution is 2.34. The summed E-state index contributed by atoms with van der Waals surface area (Å²) in [5.41, 5.74) is 0.880. The second-order valence-corrected chi connectivity index (χ2v) is 9.29. The molecule has 0 bridgehead atoms. The van der Waals surface area contributed by atoms with Crippen LogP contribution in [0.3, 0.4) is 0 Å². The third-order valence-corrected chi connectivity index (χ3v) is 6.28. The largest absolute Gasteiger partial charge is 0.310 e. The molecule has 0 saturated heterocycles. The van der Waals surface area contributed by atoms with Gasteiger partial charge in [0.05, 0.1) is 22.2 Å². The summed E-state index contributed by atoms with van der Waals surface area (Å²) in [6.45, 7) is 5.72. The molecule has 2 aromatic heterocycles. The minimum absolute atomic E-state index is 0.0978. The molecule has 33 heavy (non-hydrogen) atoms. The molecule has 4 aromatic rings. The normalized spacial score (nSPS) is 12.2. The maximum atomic E-state index is 14.8. The van der Waals surface area contributed by atoms with E-state index in [0.717, 1.165) is 0 Å². The predicted octanol–water partition coefficient (Wildman–Crippen LogP) is 5.62. The number of amides is 1. The lowest BCUT2D eigenvalue weighted by atomic mass is 10.2. The summed E-state index contributed by atoms with van der Waals surface area (Å²) < 4.78 is 18.1. The summed E-state index contributed by atoms with van der Waals surface area (Å²) >= 11 is 7.57. The number of rotatable bonds is 7. The van der Waals surface area contributed by atoms with Crippen molar-refractivity contribution < 1.29 is 9.18 Å². The van der Waals surface area contributed by atoms with Crippen molar-refractivity contribution in [3.8, 4) is 17.1 Å². The van der Waals surface area contributed by atoms with E-state index in [2.05, 4.69) is 20.6 Å². The fraction of sp³-hybridized carbons (Fsp3) is 0.217. The number of benzene rings is 2. The molecular formula is C23H22ClFN6OS. The number of nitrogens with one attached hydrogen (secondary N) is 1. The first-order valence-corrected chi connectivity index (χ1v) is 11.6. The molecule has 170 valence electrons. The number of thioether (sulfide) groups is 1. The van der Waals surface area contributed by atoms with Crippen molar-refractivity contribution in [2.75, 3.05) is 5.32 Å². The summed E-state index contributed by atoms with van der Waals surface area (Å²) in [4.78, 5) is 12.9. The third kappa shape index (κ3) is 4.79. The second kappa shape index (κ2) is 9.76. The van der Waals surface area contributed by atoms with Crippen molar-refractivity contribution in [1.82, 2.24) is 24.5 Å². The Hall–Kier alpha value is -3.17. The molecule has 0 aliphatic carbocycles. The minimum atomic E-state index is -0.547. The number of nitrogens with zero attached hydrogens (tertiary/aromatic N) is 5. The van der Waals surface area contributed by atoms with Crippen LogP contribution in [0.2, 0.25) is 5.02 Å². The van der Waals surface area contributed by atoms with Crippen LogP contribution >= 0.6 is 23.4 Å². The zero-order valence-corrected chi connectivity index (χ0v) is 19.8. The van der Waals surface area contributed by atoms with Crippen LogP contribution in [0.4, 0.5) is 10.2 Å². The van der Waals surface area contributed by atoms with Gasteiger partial charge in [-0.1, -0.05) is 47.6 Å². The number of hydrogen-bond donors (Lipinski definition) is 1. The van der Waals surface area contributed by atoms with Crippen LogP contribution in [0.15, 0.2) is 66.0 Å². The van der Waals surface area contributed by atoms with Crippen LogP contribution in [0.1, 0.15) is 26.8 Å². The molecule has 1 atom stereocenters. The van der Waals surface area contributed by atoms with E-state index < -0.39 is 11.1 Å². The van der Waals surface area contributed by atoms with Gasteiger partial charge in [0.2, 0.25) is 5.91 Å². The molecule has 0 aliphatic rings. The van der Waals surface area contributed by atoms with E-state index in [1.54, 1.807) is 64.8 Å². The fourth-order valence-electron chi connectivity index (χ4n) is 3.28. The minimum Gasteiger partial charge on any atom is -0.310 e. The molecule has 0 spiro atoms. The average Bonchev–Trinajstić information content (AvgIpc) is 3.41. The van der Waals surface area contributed by atoms with Crippen LogP contribution in [-0.4, -0.2) is 35.7 Å². The van der Waals surface area contributed by atoms with E-state index in [4.69, 9.17) is 11.6 Å². The Morgan fingerprint density at radius 2 is 1.79 bits per heavy atom. The number of aromatic nitrogens is 5. The van der Waals surface area contributed by atoms with Crippen LogP contribution in [0.25, 0.3) is 17.1 Å². The van der Waals surface area contributed by atoms with Gasteiger partial charge < -0.3 is 5.32 Å². The molecule has 1 amide bonds. The summed E-state index contributed by atoms with van der Waals surface area (Å²) in [7, 11) is 0. The SMILES string of the molecule is CC(Sc1nnc(-c2ccccc2Cl)n1-c1ccccc1F)C(=O)Nc1ccnn1C(C)C. The Labute approximate surface area is 200 Å². The Bertz CT molecular complexity index is 1290. The molecular weight excluding hydrogens is 463 g/mol. The number of carbonyl (C=O) groups is 1. The smallest absolute Gasteiger partial charge is 0.238 e. The lowest BCUT2D eigenvalue weighted by molar-refractivity contribution is -0.115. The quantitative estimate of drug-likeness (QED) is 0.344. The van der Waals surface area contributed by atoms with Crippen LogP contribution in [0.5, 0.6) is 0 Å². The third-order valence-electron chi connectivity index (χ3n) is 4.90. The molecule has 1 unspecified atom stereocenters. The topological polar surface area (TPSA) is 77.6 Å². The van der Waals surface area contributed by atoms with Crippen molar-refractivity contribution >= 4 is 35.1 Å². The van der Waals surface area contributed by atoms with E-state index in [1.165, 1.54) is 17.8 Å². The summed E-state index contributed by atoms with van der Waals surface area (Å²) in [5, 5.41) is 16.0. The maximum Gasteiger partial charge on any atom is 0.238 e. The first-order chi connectivity index (χ1) is 15.9. The highest BCUT2D eigenvalue weighted by molar-refractivity contribution is 8.00. The molecule has 4 rings (SSSR count). The summed E-state index contributed by atoms with van der Waals surface area (Å²) in [6.07, 6.45) is 1.64. The van der Waals surface area contributed by atoms with E-state index >= 15 is 0 Å². The number of para-hydroxylation sites is 1. The van der Waals surface area contributed by atoms with Gasteiger partial charge in [-0.05, 0) is 45.0 Å². The van der Waals surface area contributed by atoms with Gasteiger partial charge in [-0.2, -0.15) is 5.10 Å². The van der Waals surface area contributed by atoms with Gasteiger partial charge in [-0.25, -0.2) is 9.07 Å². The van der Waals surface area contributed by atoms with Crippen molar-refractivity contribution in [3.05, 3.63) is 71.6 Å². The van der Waals surface area contributed by atoms with Crippen LogP contribution in [-0.2, 0) is 4.79 Å². The van der Waals surface area contributed by atoms with Crippen LogP contribution < -0.4 is 5.32 Å². The van der Waals surface area contributed by atoms with Crippen LogP contribution in [0, 0.1) is 5.82 Å². The van der Waals surface area contributed by atoms with Gasteiger partial charge >= 0.3 is 0 Å². The number of anilines is 1. The molecule has 2 heterocycles. The number of hydrogen-bond acceptors (Lipinski definition) is 5. The van der Waals surface area contributed by atoms with Gasteiger partial charge in [0.25, 0.3) is 0 Å². The first kappa shape index (κ1) is 23.0. The fourth-order valence-corrected chi connectivity index (χ4v) is 4.36. The van der Waals surface area contributed by atoms with E-state index in [1.807, 2.05) is 19.9 Å². The molecule has 0 aliphatic heterocycles. The van der Waals surface area contributed by atoms with Crippen molar-refractivity contribution in [2.45, 2.75) is 37.2 Å². The standard InChI is InChI=1S/C23H22ClFN6OS/c1-14(2)31-20(12-13-26-31)27-22(32)15(3)33-23-29-28-21(16-8-4-5-9-17(16)24)30(23)19-11-7-6-10-18(19)25/h4-15H,1-3H3,(H,27,32). The van der Waals surface area contributed by atoms with E-state index in [-0.39, 0.29) is 17.6 Å². The van der Waals surface area contributed by atoms with Gasteiger partial charge in [-0.3, -0.25) is 9.36 Å². The van der Waals surface area contributed by atoms with E-state index in [9.17, 15) is 9.18 Å². The first-order valence-electron chi connectivity index (χ1n) is 10.3. The predicted molar refractivity (Wildman–Crippen MR) is 128 cm³/mol. The molecule has 0 radical (unpaired) electrons. The molecule has 10 heteroatoms. The summed E-state index contributed by atoms with van der Waals surface area (Å²) in [6, 6.07) is 15.3. The van der Waals surface area contributed by atoms with Gasteiger partial charge in [-0.15, -0.1) is 10.2 Å². The second-order valence-electron chi connectivity index (χ2n) is 7.58. The van der Waals surface area contributed by atoms with E-state index in [0.29, 0.717) is 27.4 Å². The van der Waals surface area contributed by atoms with Gasteiger partial charge in [0.1, 0.15) is 11.6 Å². The molecule has 1 N–H and O–H groups in total. The highest BCUT2D eigenvalue weighted by Gasteiger charge is 2.24. The van der Waals surface area contributed by atoms with Gasteiger partial charge in [0.15, 0.2) is 11.0 Å².